The van der Waals surface area contributed by atoms with Crippen molar-refractivity contribution in [3.05, 3.63) is 29.8 Å². The third-order valence-electron chi connectivity index (χ3n) is 4.32. The Morgan fingerprint density at radius 3 is 2.67 bits per heavy atom. The average molecular weight is 306 g/mol. The number of carbonyl (C=O) groups excluding carboxylic acids is 1. The third kappa shape index (κ3) is 3.19. The summed E-state index contributed by atoms with van der Waals surface area (Å²) in [5, 5.41) is 0. The molecule has 2 heterocycles. The summed E-state index contributed by atoms with van der Waals surface area (Å²) in [6.07, 6.45) is 3.98. The summed E-state index contributed by atoms with van der Waals surface area (Å²) < 4.78 is 5.65. The van der Waals surface area contributed by atoms with Gasteiger partial charge in [-0.15, -0.1) is 11.8 Å². The molecule has 0 N–H and O–H groups in total. The van der Waals surface area contributed by atoms with E-state index < -0.39 is 0 Å². The summed E-state index contributed by atoms with van der Waals surface area (Å²) >= 11 is 1.76. The molecule has 0 radical (unpaired) electrons. The van der Waals surface area contributed by atoms with E-state index in [1.807, 2.05) is 7.05 Å². The minimum Gasteiger partial charge on any atom is -0.440 e. The smallest absolute Gasteiger partial charge is 0.410 e. The fourth-order valence-corrected chi connectivity index (χ4v) is 3.73. The Morgan fingerprint density at radius 1 is 1.29 bits per heavy atom. The number of piperidine rings is 1. The minimum absolute atomic E-state index is 0.179. The molecule has 1 aromatic carbocycles. The van der Waals surface area contributed by atoms with Crippen molar-refractivity contribution in [1.82, 2.24) is 9.80 Å². The monoisotopic (exact) mass is 306 g/mol. The SMILES string of the molecule is CSc1ccc(CN2CCC[C@]3(C2)CN(C)C(=O)O3)cc1. The zero-order chi connectivity index (χ0) is 14.9. The predicted molar refractivity (Wildman–Crippen MR) is 84.6 cm³/mol. The number of thioether (sulfide) groups is 1. The van der Waals surface area contributed by atoms with Crippen molar-refractivity contribution in [2.75, 3.05) is 32.9 Å². The van der Waals surface area contributed by atoms with Gasteiger partial charge in [0.05, 0.1) is 6.54 Å². The summed E-state index contributed by atoms with van der Waals surface area (Å²) in [7, 11) is 1.82. The van der Waals surface area contributed by atoms with E-state index in [-0.39, 0.29) is 11.7 Å². The predicted octanol–water partition coefficient (Wildman–Crippen LogP) is 2.83. The van der Waals surface area contributed by atoms with Crippen molar-refractivity contribution in [2.24, 2.45) is 0 Å². The van der Waals surface area contributed by atoms with Gasteiger partial charge in [-0.05, 0) is 43.3 Å². The number of nitrogens with zero attached hydrogens (tertiary/aromatic N) is 2. The first-order valence-corrected chi connectivity index (χ1v) is 8.62. The lowest BCUT2D eigenvalue weighted by Gasteiger charge is -2.38. The zero-order valence-electron chi connectivity index (χ0n) is 12.7. The molecule has 0 aromatic heterocycles. The molecule has 5 heteroatoms. The Bertz CT molecular complexity index is 520. The fourth-order valence-electron chi connectivity index (χ4n) is 3.32. The first-order chi connectivity index (χ1) is 10.1. The number of rotatable bonds is 3. The molecule has 1 spiro atoms. The van der Waals surface area contributed by atoms with Crippen LogP contribution in [-0.4, -0.2) is 54.4 Å². The van der Waals surface area contributed by atoms with Crippen molar-refractivity contribution in [2.45, 2.75) is 29.9 Å². The van der Waals surface area contributed by atoms with Crippen LogP contribution in [0.25, 0.3) is 0 Å². The van der Waals surface area contributed by atoms with Crippen LogP contribution in [-0.2, 0) is 11.3 Å². The molecule has 3 rings (SSSR count). The maximum absolute atomic E-state index is 11.7. The van der Waals surface area contributed by atoms with E-state index >= 15 is 0 Å². The molecule has 114 valence electrons. The van der Waals surface area contributed by atoms with Crippen LogP contribution >= 0.6 is 11.8 Å². The van der Waals surface area contributed by atoms with Crippen LogP contribution in [0.5, 0.6) is 0 Å². The molecule has 0 aliphatic carbocycles. The van der Waals surface area contributed by atoms with Crippen LogP contribution in [0.1, 0.15) is 18.4 Å². The molecule has 2 aliphatic rings. The van der Waals surface area contributed by atoms with Crippen molar-refractivity contribution in [3.63, 3.8) is 0 Å². The van der Waals surface area contributed by atoms with Gasteiger partial charge < -0.3 is 9.64 Å². The van der Waals surface area contributed by atoms with Crippen molar-refractivity contribution >= 4 is 17.9 Å². The van der Waals surface area contributed by atoms with Gasteiger partial charge in [0.25, 0.3) is 0 Å². The maximum Gasteiger partial charge on any atom is 0.410 e. The number of ether oxygens (including phenoxy) is 1. The molecule has 21 heavy (non-hydrogen) atoms. The molecule has 1 aromatic rings. The largest absolute Gasteiger partial charge is 0.440 e. The summed E-state index contributed by atoms with van der Waals surface area (Å²) in [4.78, 5) is 17.1. The number of likely N-dealkylation sites (N-methyl/N-ethyl adjacent to an activating group) is 1. The van der Waals surface area contributed by atoms with Gasteiger partial charge in [-0.25, -0.2) is 4.79 Å². The molecule has 2 saturated heterocycles. The van der Waals surface area contributed by atoms with E-state index in [4.69, 9.17) is 4.74 Å². The van der Waals surface area contributed by atoms with E-state index in [1.54, 1.807) is 16.7 Å². The average Bonchev–Trinajstić information content (AvgIpc) is 2.74. The van der Waals surface area contributed by atoms with Gasteiger partial charge in [0.2, 0.25) is 0 Å². The van der Waals surface area contributed by atoms with Crippen LogP contribution in [0.15, 0.2) is 29.2 Å². The van der Waals surface area contributed by atoms with Crippen LogP contribution in [0, 0.1) is 0 Å². The Morgan fingerprint density at radius 2 is 2.05 bits per heavy atom. The first-order valence-electron chi connectivity index (χ1n) is 7.40. The van der Waals surface area contributed by atoms with E-state index in [0.29, 0.717) is 6.54 Å². The molecule has 0 unspecified atom stereocenters. The van der Waals surface area contributed by atoms with Crippen LogP contribution in [0.3, 0.4) is 0 Å². The highest BCUT2D eigenvalue weighted by molar-refractivity contribution is 7.98. The van der Waals surface area contributed by atoms with Gasteiger partial charge in [0.1, 0.15) is 5.60 Å². The van der Waals surface area contributed by atoms with Gasteiger partial charge in [-0.2, -0.15) is 0 Å². The summed E-state index contributed by atoms with van der Waals surface area (Å²) in [5.74, 6) is 0. The maximum atomic E-state index is 11.7. The van der Waals surface area contributed by atoms with Crippen LogP contribution in [0.4, 0.5) is 4.79 Å². The molecule has 1 amide bonds. The molecular formula is C16H22N2O2S. The van der Waals surface area contributed by atoms with Crippen molar-refractivity contribution in [1.29, 1.82) is 0 Å². The number of hydrogen-bond acceptors (Lipinski definition) is 4. The second-order valence-corrected chi connectivity index (χ2v) is 6.95. The highest BCUT2D eigenvalue weighted by atomic mass is 32.2. The second kappa shape index (κ2) is 5.89. The molecule has 2 aliphatic heterocycles. The second-order valence-electron chi connectivity index (χ2n) is 6.07. The van der Waals surface area contributed by atoms with Gasteiger partial charge in [0, 0.05) is 25.0 Å². The van der Waals surface area contributed by atoms with E-state index in [9.17, 15) is 4.79 Å². The molecular weight excluding hydrogens is 284 g/mol. The molecule has 4 nitrogen and oxygen atoms in total. The van der Waals surface area contributed by atoms with E-state index in [1.165, 1.54) is 10.5 Å². The van der Waals surface area contributed by atoms with Gasteiger partial charge in [-0.1, -0.05) is 12.1 Å². The van der Waals surface area contributed by atoms with Gasteiger partial charge in [-0.3, -0.25) is 4.90 Å². The first kappa shape index (κ1) is 14.7. The zero-order valence-corrected chi connectivity index (χ0v) is 13.5. The Hall–Kier alpha value is -1.20. The Labute approximate surface area is 130 Å². The Kier molecular flexibility index (Phi) is 4.13. The highest BCUT2D eigenvalue weighted by Gasteiger charge is 2.46. The standard InChI is InChI=1S/C16H22N2O2S/c1-17-11-16(20-15(17)19)8-3-9-18(12-16)10-13-4-6-14(21-2)7-5-13/h4-7H,3,8-12H2,1-2H3/t16-/m1/s1. The van der Waals surface area contributed by atoms with Gasteiger partial charge in [0.15, 0.2) is 0 Å². The fraction of sp³-hybridized carbons (Fsp3) is 0.562. The number of amides is 1. The highest BCUT2D eigenvalue weighted by Crippen LogP contribution is 2.32. The van der Waals surface area contributed by atoms with Crippen molar-refractivity contribution < 1.29 is 9.53 Å². The van der Waals surface area contributed by atoms with Crippen LogP contribution < -0.4 is 0 Å². The summed E-state index contributed by atoms with van der Waals surface area (Å²) in [5.41, 5.74) is 1.03. The molecule has 2 fully saturated rings. The molecule has 0 saturated carbocycles. The third-order valence-corrected chi connectivity index (χ3v) is 5.07. The van der Waals surface area contributed by atoms with E-state index in [2.05, 4.69) is 35.4 Å². The quantitative estimate of drug-likeness (QED) is 0.804. The van der Waals surface area contributed by atoms with Crippen LogP contribution in [0.2, 0.25) is 0 Å². The number of likely N-dealkylation sites (tertiary alicyclic amines) is 1. The number of benzene rings is 1. The van der Waals surface area contributed by atoms with E-state index in [0.717, 1.165) is 32.5 Å². The number of hydrogen-bond donors (Lipinski definition) is 0. The summed E-state index contributed by atoms with van der Waals surface area (Å²) in [6, 6.07) is 8.73. The molecule has 1 atom stereocenters. The lowest BCUT2D eigenvalue weighted by Crippen LogP contribution is -2.50. The minimum atomic E-state index is -0.288. The molecule has 0 bridgehead atoms. The number of carbonyl (C=O) groups is 1. The lowest BCUT2D eigenvalue weighted by atomic mass is 9.92. The van der Waals surface area contributed by atoms with Gasteiger partial charge >= 0.3 is 6.09 Å². The van der Waals surface area contributed by atoms with Crippen molar-refractivity contribution in [3.8, 4) is 0 Å². The topological polar surface area (TPSA) is 32.8 Å². The Balaban J connectivity index is 1.65. The lowest BCUT2D eigenvalue weighted by molar-refractivity contribution is -0.0113. The summed E-state index contributed by atoms with van der Waals surface area (Å²) in [6.45, 7) is 3.56. The normalized spacial score (nSPS) is 26.4.